The maximum absolute atomic E-state index is 12.7. The predicted molar refractivity (Wildman–Crippen MR) is 104 cm³/mol. The van der Waals surface area contributed by atoms with Gasteiger partial charge < -0.3 is 15.4 Å². The Bertz CT molecular complexity index is 644. The Morgan fingerprint density at radius 2 is 1.84 bits per heavy atom. The first kappa shape index (κ1) is 21.8. The Morgan fingerprint density at radius 3 is 2.36 bits per heavy atom. The summed E-state index contributed by atoms with van der Waals surface area (Å²) in [5.74, 6) is -0.231. The van der Waals surface area contributed by atoms with Crippen LogP contribution in [0.25, 0.3) is 0 Å². The van der Waals surface area contributed by atoms with Gasteiger partial charge in [-0.1, -0.05) is 41.4 Å². The standard InChI is InChI=1S/C18H26BrClN2O3/c1-11(2)18(6,10-21-16(24)25-17(3,4)5)22-15(23)13-9-12(19)7-8-14(13)20/h7-9,11H,10H2,1-6H3,(H,21,24)(H,22,23). The lowest BCUT2D eigenvalue weighted by Crippen LogP contribution is -2.57. The fourth-order valence-corrected chi connectivity index (χ4v) is 2.53. The zero-order chi connectivity index (χ0) is 19.4. The SMILES string of the molecule is CC(C)C(C)(CNC(=O)OC(C)(C)C)NC(=O)c1cc(Br)ccc1Cl. The van der Waals surface area contributed by atoms with E-state index in [1.807, 2.05) is 20.8 Å². The molecule has 2 N–H and O–H groups in total. The van der Waals surface area contributed by atoms with Crippen molar-refractivity contribution < 1.29 is 14.3 Å². The molecule has 0 aliphatic heterocycles. The van der Waals surface area contributed by atoms with Crippen LogP contribution < -0.4 is 10.6 Å². The van der Waals surface area contributed by atoms with E-state index in [4.69, 9.17) is 16.3 Å². The van der Waals surface area contributed by atoms with Crippen molar-refractivity contribution >= 4 is 39.5 Å². The molecule has 5 nitrogen and oxygen atoms in total. The van der Waals surface area contributed by atoms with E-state index in [-0.39, 0.29) is 18.4 Å². The summed E-state index contributed by atoms with van der Waals surface area (Å²) in [6.07, 6.45) is -0.519. The van der Waals surface area contributed by atoms with E-state index in [0.29, 0.717) is 10.6 Å². The first-order valence-corrected chi connectivity index (χ1v) is 9.25. The Morgan fingerprint density at radius 1 is 1.24 bits per heavy atom. The molecule has 0 saturated heterocycles. The highest BCUT2D eigenvalue weighted by atomic mass is 79.9. The smallest absolute Gasteiger partial charge is 0.407 e. The number of hydrogen-bond acceptors (Lipinski definition) is 3. The lowest BCUT2D eigenvalue weighted by molar-refractivity contribution is 0.0497. The number of carbonyl (C=O) groups excluding carboxylic acids is 2. The summed E-state index contributed by atoms with van der Waals surface area (Å²) in [5.41, 5.74) is -0.870. The second-order valence-corrected chi connectivity index (χ2v) is 8.83. The highest BCUT2D eigenvalue weighted by molar-refractivity contribution is 9.10. The van der Waals surface area contributed by atoms with Crippen LogP contribution >= 0.6 is 27.5 Å². The van der Waals surface area contributed by atoms with Gasteiger partial charge in [0.15, 0.2) is 0 Å². The van der Waals surface area contributed by atoms with Crippen LogP contribution in [-0.4, -0.2) is 29.7 Å². The van der Waals surface area contributed by atoms with Crippen LogP contribution in [0.5, 0.6) is 0 Å². The molecule has 2 amide bonds. The van der Waals surface area contributed by atoms with E-state index >= 15 is 0 Å². The van der Waals surface area contributed by atoms with Crippen molar-refractivity contribution in [2.24, 2.45) is 5.92 Å². The van der Waals surface area contributed by atoms with Crippen molar-refractivity contribution in [1.29, 1.82) is 0 Å². The Balaban J connectivity index is 2.86. The molecule has 1 aromatic carbocycles. The number of carbonyl (C=O) groups is 2. The number of benzene rings is 1. The van der Waals surface area contributed by atoms with Crippen LogP contribution in [0.2, 0.25) is 5.02 Å². The molecule has 0 aliphatic carbocycles. The highest BCUT2D eigenvalue weighted by Crippen LogP contribution is 2.23. The lowest BCUT2D eigenvalue weighted by atomic mass is 9.88. The van der Waals surface area contributed by atoms with Crippen LogP contribution in [0.1, 0.15) is 51.9 Å². The first-order valence-electron chi connectivity index (χ1n) is 8.08. The zero-order valence-electron chi connectivity index (χ0n) is 15.5. The van der Waals surface area contributed by atoms with Gasteiger partial charge in [-0.3, -0.25) is 4.79 Å². The second-order valence-electron chi connectivity index (χ2n) is 7.51. The molecular weight excluding hydrogens is 408 g/mol. The zero-order valence-corrected chi connectivity index (χ0v) is 17.8. The van der Waals surface area contributed by atoms with Crippen molar-refractivity contribution in [3.05, 3.63) is 33.3 Å². The molecule has 7 heteroatoms. The maximum atomic E-state index is 12.7. The molecule has 1 rings (SSSR count). The van der Waals surface area contributed by atoms with E-state index in [2.05, 4.69) is 26.6 Å². The molecule has 25 heavy (non-hydrogen) atoms. The van der Waals surface area contributed by atoms with Crippen molar-refractivity contribution in [2.45, 2.75) is 52.7 Å². The van der Waals surface area contributed by atoms with Crippen molar-refractivity contribution in [3.63, 3.8) is 0 Å². The highest BCUT2D eigenvalue weighted by Gasteiger charge is 2.32. The van der Waals surface area contributed by atoms with Gasteiger partial charge in [-0.05, 0) is 51.8 Å². The second kappa shape index (κ2) is 8.41. The van der Waals surface area contributed by atoms with Crippen LogP contribution in [0, 0.1) is 5.92 Å². The average molecular weight is 434 g/mol. The Labute approximate surface area is 163 Å². The van der Waals surface area contributed by atoms with Gasteiger partial charge in [-0.2, -0.15) is 0 Å². The summed E-state index contributed by atoms with van der Waals surface area (Å²) in [6, 6.07) is 5.09. The largest absolute Gasteiger partial charge is 0.444 e. The number of ether oxygens (including phenoxy) is 1. The summed E-state index contributed by atoms with van der Waals surface area (Å²) in [7, 11) is 0. The van der Waals surface area contributed by atoms with Crippen LogP contribution in [-0.2, 0) is 4.74 Å². The molecule has 0 saturated carbocycles. The van der Waals surface area contributed by atoms with Gasteiger partial charge in [0.05, 0.1) is 16.1 Å². The fraction of sp³-hybridized carbons (Fsp3) is 0.556. The molecule has 0 aliphatic rings. The molecule has 0 bridgehead atoms. The molecule has 0 spiro atoms. The van der Waals surface area contributed by atoms with E-state index in [0.717, 1.165) is 4.47 Å². The van der Waals surface area contributed by atoms with Crippen LogP contribution in [0.4, 0.5) is 4.79 Å². The molecule has 1 atom stereocenters. The third kappa shape index (κ3) is 6.86. The van der Waals surface area contributed by atoms with Crippen molar-refractivity contribution in [3.8, 4) is 0 Å². The molecule has 1 unspecified atom stereocenters. The minimum Gasteiger partial charge on any atom is -0.444 e. The van der Waals surface area contributed by atoms with Crippen molar-refractivity contribution in [1.82, 2.24) is 10.6 Å². The first-order chi connectivity index (χ1) is 11.3. The third-order valence-corrected chi connectivity index (χ3v) is 4.67. The van der Waals surface area contributed by atoms with E-state index in [9.17, 15) is 9.59 Å². The minimum absolute atomic E-state index is 0.0670. The summed E-state index contributed by atoms with van der Waals surface area (Å²) >= 11 is 9.47. The fourth-order valence-electron chi connectivity index (χ4n) is 1.96. The quantitative estimate of drug-likeness (QED) is 0.702. The molecule has 140 valence electrons. The topological polar surface area (TPSA) is 67.4 Å². The Kier molecular flexibility index (Phi) is 7.32. The lowest BCUT2D eigenvalue weighted by Gasteiger charge is -2.35. The van der Waals surface area contributed by atoms with Gasteiger partial charge >= 0.3 is 6.09 Å². The summed E-state index contributed by atoms with van der Waals surface area (Å²) in [4.78, 5) is 24.6. The van der Waals surface area contributed by atoms with Crippen molar-refractivity contribution in [2.75, 3.05) is 6.54 Å². The van der Waals surface area contributed by atoms with Crippen LogP contribution in [0.15, 0.2) is 22.7 Å². The van der Waals surface area contributed by atoms with Crippen LogP contribution in [0.3, 0.4) is 0 Å². The third-order valence-electron chi connectivity index (χ3n) is 3.85. The number of nitrogens with one attached hydrogen (secondary N) is 2. The molecule has 0 radical (unpaired) electrons. The molecule has 0 aromatic heterocycles. The van der Waals surface area contributed by atoms with Gasteiger partial charge in [0.25, 0.3) is 5.91 Å². The predicted octanol–water partition coefficient (Wildman–Crippen LogP) is 4.77. The molecule has 0 fully saturated rings. The molecule has 1 aromatic rings. The molecular formula is C18H26BrClN2O3. The van der Waals surface area contributed by atoms with Gasteiger partial charge in [-0.15, -0.1) is 0 Å². The number of rotatable bonds is 5. The number of alkyl carbamates (subject to hydrolysis) is 1. The molecule has 0 heterocycles. The maximum Gasteiger partial charge on any atom is 0.407 e. The van der Waals surface area contributed by atoms with Gasteiger partial charge in [0.1, 0.15) is 5.60 Å². The van der Waals surface area contributed by atoms with E-state index < -0.39 is 17.2 Å². The monoisotopic (exact) mass is 432 g/mol. The number of halogens is 2. The van der Waals surface area contributed by atoms with E-state index in [1.54, 1.807) is 39.0 Å². The number of hydrogen-bond donors (Lipinski definition) is 2. The van der Waals surface area contributed by atoms with Gasteiger partial charge in [-0.25, -0.2) is 4.79 Å². The average Bonchev–Trinajstić information content (AvgIpc) is 2.45. The minimum atomic E-state index is -0.667. The Hall–Kier alpha value is -1.27. The van der Waals surface area contributed by atoms with E-state index in [1.165, 1.54) is 0 Å². The van der Waals surface area contributed by atoms with Gasteiger partial charge in [0.2, 0.25) is 0 Å². The van der Waals surface area contributed by atoms with Gasteiger partial charge in [0, 0.05) is 11.0 Å². The summed E-state index contributed by atoms with van der Waals surface area (Å²) < 4.78 is 6.01. The summed E-state index contributed by atoms with van der Waals surface area (Å²) in [6.45, 7) is 11.4. The normalized spacial score (nSPS) is 14.0. The number of amides is 2. The summed E-state index contributed by atoms with van der Waals surface area (Å²) in [5, 5.41) is 6.07.